The van der Waals surface area contributed by atoms with Crippen LogP contribution in [0.25, 0.3) is 0 Å². The molecule has 0 fully saturated rings. The fourth-order valence-electron chi connectivity index (χ4n) is 8.04. The summed E-state index contributed by atoms with van der Waals surface area (Å²) in [6, 6.07) is 0. The van der Waals surface area contributed by atoms with Crippen LogP contribution in [0.1, 0.15) is 265 Å². The summed E-state index contributed by atoms with van der Waals surface area (Å²) in [5.74, 6) is -0.953. The topological polar surface area (TPSA) is 78.9 Å². The van der Waals surface area contributed by atoms with Crippen LogP contribution < -0.4 is 0 Å². The molecule has 0 aliphatic carbocycles. The van der Waals surface area contributed by atoms with Crippen molar-refractivity contribution in [2.24, 2.45) is 0 Å². The Bertz CT molecular complexity index is 1620. The van der Waals surface area contributed by atoms with Gasteiger partial charge in [-0.25, -0.2) is 0 Å². The van der Waals surface area contributed by atoms with Gasteiger partial charge in [0.05, 0.1) is 0 Å². The fraction of sp³-hybridized carbons (Fsp3) is 0.638. The van der Waals surface area contributed by atoms with Crippen LogP contribution in [0.3, 0.4) is 0 Å². The Labute approximate surface area is 462 Å². The molecular weight excluding hydrogens is 925 g/mol. The Kier molecular flexibility index (Phi) is 58.4. The summed E-state index contributed by atoms with van der Waals surface area (Å²) >= 11 is 0. The maximum absolute atomic E-state index is 12.8. The molecule has 0 aromatic rings. The van der Waals surface area contributed by atoms with E-state index in [4.69, 9.17) is 14.2 Å². The second kappa shape index (κ2) is 62.1. The van der Waals surface area contributed by atoms with E-state index in [1.165, 1.54) is 89.9 Å². The minimum Gasteiger partial charge on any atom is -0.462 e. The van der Waals surface area contributed by atoms with Gasteiger partial charge in [0.25, 0.3) is 0 Å². The third-order valence-electron chi connectivity index (χ3n) is 12.6. The lowest BCUT2D eigenvalue weighted by molar-refractivity contribution is -0.167. The van der Waals surface area contributed by atoms with Crippen molar-refractivity contribution in [3.05, 3.63) is 134 Å². The quantitative estimate of drug-likeness (QED) is 0.0261. The SMILES string of the molecule is CC/C=C\C/C=C\C/C=C\C/C=C\C/C=C\C/C=C\C/C=C\C/C=C\C/C=C\C/C=C\CCCCC(=O)OCC(COC(=O)CCCCCCC/C=C\CCCC)OC(=O)CCCCCCCCCCCCCCC. The van der Waals surface area contributed by atoms with Crippen molar-refractivity contribution in [1.29, 1.82) is 0 Å². The van der Waals surface area contributed by atoms with Gasteiger partial charge >= 0.3 is 17.9 Å². The van der Waals surface area contributed by atoms with Gasteiger partial charge < -0.3 is 14.2 Å². The van der Waals surface area contributed by atoms with Gasteiger partial charge in [-0.05, 0) is 116 Å². The molecule has 75 heavy (non-hydrogen) atoms. The first kappa shape index (κ1) is 70.5. The third-order valence-corrected chi connectivity index (χ3v) is 12.6. The monoisotopic (exact) mass is 1040 g/mol. The first-order valence-electron chi connectivity index (χ1n) is 30.7. The largest absolute Gasteiger partial charge is 0.462 e. The average molecular weight is 1040 g/mol. The van der Waals surface area contributed by atoms with Crippen LogP contribution in [0.2, 0.25) is 0 Å². The summed E-state index contributed by atoms with van der Waals surface area (Å²) in [5, 5.41) is 0. The highest BCUT2D eigenvalue weighted by atomic mass is 16.6. The fourth-order valence-corrected chi connectivity index (χ4v) is 8.04. The number of hydrogen-bond donors (Lipinski definition) is 0. The Balaban J connectivity index is 4.32. The molecule has 6 nitrogen and oxygen atoms in total. The number of carbonyl (C=O) groups is 3. The molecule has 0 N–H and O–H groups in total. The zero-order chi connectivity index (χ0) is 54.3. The Morgan fingerprint density at radius 2 is 0.533 bits per heavy atom. The molecule has 0 aliphatic rings. The lowest BCUT2D eigenvalue weighted by atomic mass is 10.0. The Hall–Kier alpha value is -4.45. The van der Waals surface area contributed by atoms with Gasteiger partial charge in [-0.15, -0.1) is 0 Å². The highest BCUT2D eigenvalue weighted by molar-refractivity contribution is 5.71. The maximum Gasteiger partial charge on any atom is 0.306 e. The summed E-state index contributed by atoms with van der Waals surface area (Å²) in [7, 11) is 0. The summed E-state index contributed by atoms with van der Waals surface area (Å²) in [5.41, 5.74) is 0. The Morgan fingerprint density at radius 1 is 0.280 bits per heavy atom. The van der Waals surface area contributed by atoms with Crippen LogP contribution in [0.15, 0.2) is 134 Å². The zero-order valence-corrected chi connectivity index (χ0v) is 48.5. The molecule has 0 bridgehead atoms. The minimum atomic E-state index is -0.800. The average Bonchev–Trinajstić information content (AvgIpc) is 3.41. The van der Waals surface area contributed by atoms with Gasteiger partial charge in [-0.3, -0.25) is 14.4 Å². The highest BCUT2D eigenvalue weighted by Crippen LogP contribution is 2.15. The minimum absolute atomic E-state index is 0.0972. The van der Waals surface area contributed by atoms with Crippen LogP contribution in [0.4, 0.5) is 0 Å². The molecule has 0 aliphatic heterocycles. The van der Waals surface area contributed by atoms with Crippen molar-refractivity contribution < 1.29 is 28.6 Å². The molecule has 1 unspecified atom stereocenters. The molecule has 0 amide bonds. The number of esters is 3. The molecule has 0 radical (unpaired) electrons. The van der Waals surface area contributed by atoms with E-state index >= 15 is 0 Å². The molecule has 0 rings (SSSR count). The molecule has 0 heterocycles. The van der Waals surface area contributed by atoms with E-state index < -0.39 is 6.10 Å². The first-order chi connectivity index (χ1) is 37.0. The second-order valence-electron chi connectivity index (χ2n) is 19.9. The molecule has 424 valence electrons. The third kappa shape index (κ3) is 60.3. The van der Waals surface area contributed by atoms with Crippen molar-refractivity contribution in [2.45, 2.75) is 271 Å². The van der Waals surface area contributed by atoms with E-state index in [0.717, 1.165) is 128 Å². The van der Waals surface area contributed by atoms with Crippen LogP contribution in [0.5, 0.6) is 0 Å². The van der Waals surface area contributed by atoms with Gasteiger partial charge in [0, 0.05) is 19.3 Å². The Morgan fingerprint density at radius 3 is 0.893 bits per heavy atom. The van der Waals surface area contributed by atoms with Crippen molar-refractivity contribution in [2.75, 3.05) is 13.2 Å². The maximum atomic E-state index is 12.8. The number of rotatable bonds is 54. The smallest absolute Gasteiger partial charge is 0.306 e. The normalized spacial score (nSPS) is 13.1. The molecule has 0 aromatic carbocycles. The van der Waals surface area contributed by atoms with Crippen molar-refractivity contribution >= 4 is 17.9 Å². The molecule has 0 aromatic heterocycles. The van der Waals surface area contributed by atoms with E-state index in [0.29, 0.717) is 25.7 Å². The molecule has 1 atom stereocenters. The number of ether oxygens (including phenoxy) is 3. The lowest BCUT2D eigenvalue weighted by Crippen LogP contribution is -2.30. The molecule has 0 saturated carbocycles. The van der Waals surface area contributed by atoms with E-state index in [9.17, 15) is 14.4 Å². The molecule has 0 saturated heterocycles. The summed E-state index contributed by atoms with van der Waals surface area (Å²) in [6.45, 7) is 6.44. The van der Waals surface area contributed by atoms with Gasteiger partial charge in [0.1, 0.15) is 13.2 Å². The van der Waals surface area contributed by atoms with Gasteiger partial charge in [-0.2, -0.15) is 0 Å². The van der Waals surface area contributed by atoms with E-state index in [2.05, 4.69) is 154 Å². The van der Waals surface area contributed by atoms with Crippen LogP contribution >= 0.6 is 0 Å². The standard InChI is InChI=1S/C69H112O6/c1-4-7-10-13-16-19-22-24-25-26-27-28-29-30-31-32-33-34-35-36-37-38-39-40-41-42-43-45-47-50-53-56-59-62-68(71)74-65-66(64-73-67(70)61-58-55-52-49-46-21-18-15-12-9-6-3)75-69(72)63-60-57-54-51-48-44-23-20-17-14-11-8-5-2/h7,10,15-16,18-19,24-25,27-28,30-31,33-34,36-37,39-40,42-43,47,50,66H,4-6,8-9,11-14,17,20-23,26,29,32,35,38,41,44-46,48-49,51-65H2,1-3H3/b10-7-,18-15-,19-16-,25-24-,28-27-,31-30-,34-33-,37-36-,40-39-,43-42-,50-47-. The molecular formula is C69H112O6. The van der Waals surface area contributed by atoms with Crippen LogP contribution in [-0.2, 0) is 28.6 Å². The zero-order valence-electron chi connectivity index (χ0n) is 48.5. The number of carbonyl (C=O) groups excluding carboxylic acids is 3. The first-order valence-corrected chi connectivity index (χ1v) is 30.7. The summed E-state index contributed by atoms with van der Waals surface area (Å²) < 4.78 is 16.8. The number of allylic oxidation sites excluding steroid dienone is 22. The van der Waals surface area contributed by atoms with Crippen LogP contribution in [0, 0.1) is 0 Å². The van der Waals surface area contributed by atoms with Gasteiger partial charge in [-0.1, -0.05) is 264 Å². The number of unbranched alkanes of at least 4 members (excludes halogenated alkanes) is 21. The predicted molar refractivity (Wildman–Crippen MR) is 325 cm³/mol. The molecule has 0 spiro atoms. The summed E-state index contributed by atoms with van der Waals surface area (Å²) in [6.07, 6.45) is 87.5. The number of hydrogen-bond acceptors (Lipinski definition) is 6. The van der Waals surface area contributed by atoms with Crippen molar-refractivity contribution in [3.8, 4) is 0 Å². The van der Waals surface area contributed by atoms with Crippen LogP contribution in [-0.4, -0.2) is 37.2 Å². The predicted octanol–water partition coefficient (Wildman–Crippen LogP) is 21.0. The molecule has 6 heteroatoms. The second-order valence-corrected chi connectivity index (χ2v) is 19.9. The van der Waals surface area contributed by atoms with Gasteiger partial charge in [0.15, 0.2) is 6.10 Å². The van der Waals surface area contributed by atoms with E-state index in [-0.39, 0.29) is 31.1 Å². The van der Waals surface area contributed by atoms with Crippen molar-refractivity contribution in [1.82, 2.24) is 0 Å². The lowest BCUT2D eigenvalue weighted by Gasteiger charge is -2.18. The summed E-state index contributed by atoms with van der Waals surface area (Å²) in [4.78, 5) is 38.1. The highest BCUT2D eigenvalue weighted by Gasteiger charge is 2.19. The van der Waals surface area contributed by atoms with Gasteiger partial charge in [0.2, 0.25) is 0 Å². The van der Waals surface area contributed by atoms with Crippen molar-refractivity contribution in [3.63, 3.8) is 0 Å². The van der Waals surface area contributed by atoms with E-state index in [1.807, 2.05) is 0 Å². The van der Waals surface area contributed by atoms with E-state index in [1.54, 1.807) is 0 Å².